The summed E-state index contributed by atoms with van der Waals surface area (Å²) in [6.07, 6.45) is 4.92. The minimum atomic E-state index is -0.263. The molecule has 9 nitrogen and oxygen atoms in total. The summed E-state index contributed by atoms with van der Waals surface area (Å²) in [5.41, 5.74) is 1.87. The first-order chi connectivity index (χ1) is 11.7. The van der Waals surface area contributed by atoms with Gasteiger partial charge in [-0.15, -0.1) is 0 Å². The monoisotopic (exact) mass is 328 g/mol. The third kappa shape index (κ3) is 2.62. The Kier molecular flexibility index (Phi) is 3.69. The molecule has 0 unspecified atom stereocenters. The van der Waals surface area contributed by atoms with Gasteiger partial charge in [0, 0.05) is 18.9 Å². The molecule has 124 valence electrons. The Labute approximate surface area is 137 Å². The van der Waals surface area contributed by atoms with Gasteiger partial charge in [0.15, 0.2) is 11.5 Å². The van der Waals surface area contributed by atoms with Gasteiger partial charge in [0.1, 0.15) is 6.10 Å². The van der Waals surface area contributed by atoms with E-state index < -0.39 is 0 Å². The second-order valence-corrected chi connectivity index (χ2v) is 5.59. The fourth-order valence-corrected chi connectivity index (χ4v) is 2.71. The van der Waals surface area contributed by atoms with Crippen molar-refractivity contribution in [1.29, 1.82) is 0 Å². The number of rotatable bonds is 4. The highest BCUT2D eigenvalue weighted by Crippen LogP contribution is 2.26. The molecular weight excluding hydrogens is 312 g/mol. The predicted octanol–water partition coefficient (Wildman–Crippen LogP) is 1.20. The summed E-state index contributed by atoms with van der Waals surface area (Å²) in [4.78, 5) is 20.8. The second-order valence-electron chi connectivity index (χ2n) is 5.59. The Morgan fingerprint density at radius 2 is 2.42 bits per heavy atom. The minimum absolute atomic E-state index is 0.129. The van der Waals surface area contributed by atoms with Crippen LogP contribution < -0.4 is 5.32 Å². The first kappa shape index (κ1) is 14.8. The van der Waals surface area contributed by atoms with E-state index in [0.717, 1.165) is 18.5 Å². The van der Waals surface area contributed by atoms with Gasteiger partial charge in [-0.3, -0.25) is 4.79 Å². The Bertz CT molecular complexity index is 880. The molecule has 3 aromatic rings. The summed E-state index contributed by atoms with van der Waals surface area (Å²) in [5, 5.41) is 10.8. The normalized spacial score (nSPS) is 17.5. The molecule has 1 atom stereocenters. The lowest BCUT2D eigenvalue weighted by Crippen LogP contribution is -2.25. The van der Waals surface area contributed by atoms with Crippen LogP contribution in [0.15, 0.2) is 23.0 Å². The summed E-state index contributed by atoms with van der Waals surface area (Å²) < 4.78 is 12.3. The number of aryl methyl sites for hydroxylation is 1. The molecule has 0 aliphatic carbocycles. The summed E-state index contributed by atoms with van der Waals surface area (Å²) in [6, 6.07) is 1.78. The van der Waals surface area contributed by atoms with E-state index in [1.165, 1.54) is 6.20 Å². The highest BCUT2D eigenvalue weighted by atomic mass is 16.5. The minimum Gasteiger partial charge on any atom is -0.368 e. The highest BCUT2D eigenvalue weighted by Gasteiger charge is 2.24. The maximum Gasteiger partial charge on any atom is 0.255 e. The van der Waals surface area contributed by atoms with Gasteiger partial charge in [-0.1, -0.05) is 5.16 Å². The summed E-state index contributed by atoms with van der Waals surface area (Å²) >= 11 is 0. The highest BCUT2D eigenvalue weighted by molar-refractivity contribution is 5.95. The number of nitrogens with zero attached hydrogens (tertiary/aromatic N) is 5. The molecule has 4 rings (SSSR count). The van der Waals surface area contributed by atoms with Crippen LogP contribution in [-0.4, -0.2) is 37.3 Å². The third-order valence-electron chi connectivity index (χ3n) is 4.00. The van der Waals surface area contributed by atoms with E-state index in [0.29, 0.717) is 29.5 Å². The zero-order valence-electron chi connectivity index (χ0n) is 13.1. The maximum atomic E-state index is 12.4. The number of carbonyl (C=O) groups is 1. The van der Waals surface area contributed by atoms with E-state index in [1.54, 1.807) is 16.8 Å². The van der Waals surface area contributed by atoms with Gasteiger partial charge < -0.3 is 14.6 Å². The van der Waals surface area contributed by atoms with Gasteiger partial charge in [-0.2, -0.15) is 10.1 Å². The van der Waals surface area contributed by atoms with E-state index in [2.05, 4.69) is 25.5 Å². The van der Waals surface area contributed by atoms with Crippen LogP contribution in [0.3, 0.4) is 0 Å². The standard InChI is InChI=1S/C15H16N6O3/c1-9-10(7-16-13-4-5-18-21(9)13)14(22)17-8-12-19-15(24-20-12)11-3-2-6-23-11/h4-5,7,11H,2-3,6,8H2,1H3,(H,17,22)/t11-/m0/s1. The van der Waals surface area contributed by atoms with Crippen molar-refractivity contribution in [3.8, 4) is 0 Å². The molecule has 1 N–H and O–H groups in total. The van der Waals surface area contributed by atoms with Crippen LogP contribution in [-0.2, 0) is 11.3 Å². The van der Waals surface area contributed by atoms with Crippen molar-refractivity contribution in [2.75, 3.05) is 6.61 Å². The van der Waals surface area contributed by atoms with E-state index in [4.69, 9.17) is 9.26 Å². The lowest BCUT2D eigenvalue weighted by atomic mass is 10.2. The molecule has 24 heavy (non-hydrogen) atoms. The van der Waals surface area contributed by atoms with Gasteiger partial charge in [0.05, 0.1) is 24.0 Å². The van der Waals surface area contributed by atoms with Gasteiger partial charge in [-0.05, 0) is 19.8 Å². The average molecular weight is 328 g/mol. The molecule has 4 heterocycles. The lowest BCUT2D eigenvalue weighted by molar-refractivity contribution is 0.0835. The summed E-state index contributed by atoms with van der Waals surface area (Å²) in [6.45, 7) is 2.70. The van der Waals surface area contributed by atoms with E-state index >= 15 is 0 Å². The van der Waals surface area contributed by atoms with Crippen molar-refractivity contribution in [1.82, 2.24) is 30.1 Å². The van der Waals surface area contributed by atoms with Crippen LogP contribution in [0.4, 0.5) is 0 Å². The molecular formula is C15H16N6O3. The van der Waals surface area contributed by atoms with Crippen LogP contribution in [0.5, 0.6) is 0 Å². The summed E-state index contributed by atoms with van der Waals surface area (Å²) in [7, 11) is 0. The number of fused-ring (bicyclic) bond motifs is 1. The quantitative estimate of drug-likeness (QED) is 0.766. The molecule has 0 bridgehead atoms. The Morgan fingerprint density at radius 1 is 1.50 bits per heavy atom. The summed E-state index contributed by atoms with van der Waals surface area (Å²) in [5.74, 6) is 0.619. The molecule has 1 aliphatic rings. The number of ether oxygens (including phenoxy) is 1. The first-order valence-electron chi connectivity index (χ1n) is 7.74. The van der Waals surface area contributed by atoms with Crippen LogP contribution >= 0.6 is 0 Å². The van der Waals surface area contributed by atoms with Crippen LogP contribution in [0.1, 0.15) is 46.7 Å². The SMILES string of the molecule is Cc1c(C(=O)NCc2noc([C@@H]3CCCO3)n2)cnc2ccnn12. The zero-order chi connectivity index (χ0) is 16.5. The molecule has 0 saturated carbocycles. The molecule has 0 aromatic carbocycles. The smallest absolute Gasteiger partial charge is 0.255 e. The second kappa shape index (κ2) is 6.00. The fraction of sp³-hybridized carbons (Fsp3) is 0.400. The predicted molar refractivity (Wildman–Crippen MR) is 81.1 cm³/mol. The van der Waals surface area contributed by atoms with Crippen LogP contribution in [0, 0.1) is 6.92 Å². The van der Waals surface area contributed by atoms with Gasteiger partial charge in [-0.25, -0.2) is 9.50 Å². The molecule has 1 saturated heterocycles. The molecule has 9 heteroatoms. The van der Waals surface area contributed by atoms with Crippen molar-refractivity contribution in [2.24, 2.45) is 0 Å². The molecule has 3 aromatic heterocycles. The van der Waals surface area contributed by atoms with Crippen molar-refractivity contribution in [3.05, 3.63) is 41.4 Å². The van der Waals surface area contributed by atoms with Crippen molar-refractivity contribution in [3.63, 3.8) is 0 Å². The number of hydrogen-bond acceptors (Lipinski definition) is 7. The van der Waals surface area contributed by atoms with Crippen molar-refractivity contribution >= 4 is 11.6 Å². The molecule has 1 aliphatic heterocycles. The number of amides is 1. The van der Waals surface area contributed by atoms with Gasteiger partial charge in [0.25, 0.3) is 11.8 Å². The van der Waals surface area contributed by atoms with Gasteiger partial charge >= 0.3 is 0 Å². The van der Waals surface area contributed by atoms with Crippen LogP contribution in [0.2, 0.25) is 0 Å². The maximum absolute atomic E-state index is 12.4. The van der Waals surface area contributed by atoms with E-state index in [1.807, 2.05) is 6.92 Å². The topological polar surface area (TPSA) is 107 Å². The third-order valence-corrected chi connectivity index (χ3v) is 4.00. The lowest BCUT2D eigenvalue weighted by Gasteiger charge is -2.07. The zero-order valence-corrected chi connectivity index (χ0v) is 13.1. The Hall–Kier alpha value is -2.81. The van der Waals surface area contributed by atoms with Crippen LogP contribution in [0.25, 0.3) is 5.65 Å². The molecule has 1 fully saturated rings. The number of hydrogen-bond donors (Lipinski definition) is 1. The molecule has 1 amide bonds. The first-order valence-corrected chi connectivity index (χ1v) is 7.74. The largest absolute Gasteiger partial charge is 0.368 e. The van der Waals surface area contributed by atoms with E-state index in [-0.39, 0.29) is 18.6 Å². The Morgan fingerprint density at radius 3 is 3.25 bits per heavy atom. The van der Waals surface area contributed by atoms with Crippen molar-refractivity contribution < 1.29 is 14.1 Å². The molecule has 0 spiro atoms. The Balaban J connectivity index is 1.45. The molecule has 0 radical (unpaired) electrons. The average Bonchev–Trinajstić information content (AvgIpc) is 3.32. The van der Waals surface area contributed by atoms with E-state index in [9.17, 15) is 4.79 Å². The number of nitrogens with one attached hydrogen (secondary N) is 1. The van der Waals surface area contributed by atoms with Gasteiger partial charge in [0.2, 0.25) is 0 Å². The fourth-order valence-electron chi connectivity index (χ4n) is 2.71. The van der Waals surface area contributed by atoms with Crippen molar-refractivity contribution in [2.45, 2.75) is 32.4 Å². The number of carbonyl (C=O) groups excluding carboxylic acids is 1. The number of aromatic nitrogens is 5.